The molecule has 0 heterocycles. The summed E-state index contributed by atoms with van der Waals surface area (Å²) in [4.78, 5) is 0. The number of rotatable bonds is 3. The van der Waals surface area contributed by atoms with E-state index in [1.54, 1.807) is 0 Å². The second kappa shape index (κ2) is 15.2. The third-order valence-electron chi connectivity index (χ3n) is 3.04. The van der Waals surface area contributed by atoms with Crippen LogP contribution in [0.15, 0.2) is 91.0 Å². The fraction of sp³-hybridized carbons (Fsp3) is 0. The Labute approximate surface area is 183 Å². The average Bonchev–Trinajstić information content (AvgIpc) is 2.51. The van der Waals surface area contributed by atoms with Crippen molar-refractivity contribution in [3.63, 3.8) is 0 Å². The molecule has 0 unspecified atom stereocenters. The third-order valence-corrected chi connectivity index (χ3v) is 5.49. The zero-order chi connectivity index (χ0) is 12.9. The minimum atomic E-state index is -0.446. The van der Waals surface area contributed by atoms with Crippen molar-refractivity contribution in [3.05, 3.63) is 91.0 Å². The van der Waals surface area contributed by atoms with Gasteiger partial charge in [0.25, 0.3) is 0 Å². The van der Waals surface area contributed by atoms with Crippen LogP contribution in [0, 0.1) is 0 Å². The first kappa shape index (κ1) is 28.7. The molecule has 3 aromatic rings. The number of hydrogen-bond donors (Lipinski definition) is 0. The zero-order valence-corrected chi connectivity index (χ0v) is 17.9. The predicted octanol–water partition coefficient (Wildman–Crippen LogP) is -8.54. The van der Waals surface area contributed by atoms with Gasteiger partial charge >= 0.3 is 0 Å². The minimum Gasteiger partial charge on any atom is -1.00 e. The van der Waals surface area contributed by atoms with Crippen molar-refractivity contribution in [2.24, 2.45) is 0 Å². The summed E-state index contributed by atoms with van der Waals surface area (Å²) in [6.45, 7) is 0. The zero-order valence-electron chi connectivity index (χ0n) is 12.4. The molecule has 0 aromatic heterocycles. The molecule has 0 fully saturated rings. The van der Waals surface area contributed by atoms with Crippen molar-refractivity contribution >= 4 is 23.8 Å². The Morgan fingerprint density at radius 1 is 0.375 bits per heavy atom. The van der Waals surface area contributed by atoms with E-state index in [-0.39, 0.29) is 70.1 Å². The topological polar surface area (TPSA) is 0 Å². The number of halogens is 4. The van der Waals surface area contributed by atoms with Crippen LogP contribution in [0.5, 0.6) is 0 Å². The van der Waals surface area contributed by atoms with Gasteiger partial charge in [0.05, 0.1) is 0 Å². The molecule has 0 aliphatic heterocycles. The first-order chi connectivity index (χ1) is 9.45. The fourth-order valence-corrected chi connectivity index (χ4v) is 4.48. The summed E-state index contributed by atoms with van der Waals surface area (Å²) in [6.07, 6.45) is 0. The summed E-state index contributed by atoms with van der Waals surface area (Å²) >= 11 is 0. The maximum Gasteiger partial charge on any atom is 0 e. The van der Waals surface area contributed by atoms with Gasteiger partial charge in [0.2, 0.25) is 0 Å². The molecule has 0 amide bonds. The molecule has 0 aliphatic carbocycles. The molecule has 0 aliphatic rings. The van der Waals surface area contributed by atoms with E-state index in [4.69, 9.17) is 0 Å². The molecule has 134 valence electrons. The molecule has 3 aromatic carbocycles. The Bertz CT molecular complexity index is 545. The summed E-state index contributed by atoms with van der Waals surface area (Å²) < 4.78 is 0. The van der Waals surface area contributed by atoms with Crippen LogP contribution in [0.1, 0.15) is 0 Å². The number of benzene rings is 3. The van der Waals surface area contributed by atoms with Crippen LogP contribution in [0.2, 0.25) is 0 Å². The van der Waals surface area contributed by atoms with Crippen LogP contribution in [0.25, 0.3) is 0 Å². The molecule has 0 nitrogen and oxygen atoms in total. The van der Waals surface area contributed by atoms with E-state index in [2.05, 4.69) is 91.0 Å². The maximum atomic E-state index is 2.23. The van der Waals surface area contributed by atoms with E-state index in [1.807, 2.05) is 0 Å². The van der Waals surface area contributed by atoms with Gasteiger partial charge in [0.15, 0.2) is 0 Å². The Kier molecular flexibility index (Phi) is 18.2. The van der Waals surface area contributed by atoms with Crippen molar-refractivity contribution in [2.45, 2.75) is 0 Å². The van der Waals surface area contributed by atoms with Crippen molar-refractivity contribution in [1.82, 2.24) is 0 Å². The molecule has 0 bridgehead atoms. The van der Waals surface area contributed by atoms with Gasteiger partial charge in [-0.15, -0.1) is 0 Å². The van der Waals surface area contributed by atoms with Gasteiger partial charge in [-0.1, -0.05) is 91.0 Å². The van der Waals surface area contributed by atoms with Crippen molar-refractivity contribution < 1.29 is 70.1 Å². The van der Waals surface area contributed by atoms with Crippen molar-refractivity contribution in [2.75, 3.05) is 0 Å². The van der Waals surface area contributed by atoms with Gasteiger partial charge in [0.1, 0.15) is 0 Å². The largest absolute Gasteiger partial charge is 1.00 e. The van der Waals surface area contributed by atoms with Gasteiger partial charge in [0, 0.05) is 20.4 Å². The smallest absolute Gasteiger partial charge is 0 e. The van der Waals surface area contributed by atoms with Crippen molar-refractivity contribution in [1.29, 1.82) is 0 Å². The summed E-state index contributed by atoms with van der Waals surface area (Å²) in [5.41, 5.74) is 0. The second-order valence-corrected chi connectivity index (χ2v) is 6.56. The third kappa shape index (κ3) is 7.43. The summed E-state index contributed by atoms with van der Waals surface area (Å²) in [5.74, 6) is 0. The van der Waals surface area contributed by atoms with E-state index < -0.39 is 7.92 Å². The molecule has 0 spiro atoms. The molecule has 0 saturated carbocycles. The second-order valence-electron chi connectivity index (χ2n) is 4.34. The summed E-state index contributed by atoms with van der Waals surface area (Å²) in [5, 5.41) is 4.19. The molecular weight excluding hydrogens is 495 g/mol. The Balaban J connectivity index is -0.000000882. The van der Waals surface area contributed by atoms with Gasteiger partial charge in [-0.2, -0.15) is 0 Å². The normalized spacial score (nSPS) is 8.38. The SMILES string of the molecule is [Cl-].[Cl-].[Cl-].[Cl-].[Pd].c1ccc(P(c2ccccc2)c2ccccc2)cc1. The molecular formula is C18H15Cl4PPd-4. The minimum absolute atomic E-state index is 0. The molecule has 0 saturated heterocycles. The molecule has 0 radical (unpaired) electrons. The standard InChI is InChI=1S/C18H15P.4ClH.Pd/c1-4-10-16(11-5-1)19(17-12-6-2-7-13-17)18-14-8-3-9-15-18;;;;;/h1-15H;4*1H;/p-4. The van der Waals surface area contributed by atoms with E-state index in [9.17, 15) is 0 Å². The average molecular weight is 511 g/mol. The first-order valence-corrected chi connectivity index (χ1v) is 7.74. The van der Waals surface area contributed by atoms with Gasteiger partial charge < -0.3 is 49.6 Å². The van der Waals surface area contributed by atoms with Crippen LogP contribution >= 0.6 is 7.92 Å². The van der Waals surface area contributed by atoms with Gasteiger partial charge in [-0.25, -0.2) is 0 Å². The van der Waals surface area contributed by atoms with E-state index in [1.165, 1.54) is 15.9 Å². The van der Waals surface area contributed by atoms with E-state index in [0.29, 0.717) is 0 Å². The summed E-state index contributed by atoms with van der Waals surface area (Å²) in [6, 6.07) is 32.3. The molecule has 24 heavy (non-hydrogen) atoms. The molecule has 0 atom stereocenters. The van der Waals surface area contributed by atoms with Gasteiger partial charge in [-0.3, -0.25) is 0 Å². The Hall–Kier alpha value is -0.0877. The van der Waals surface area contributed by atoms with E-state index in [0.717, 1.165) is 0 Å². The number of hydrogen-bond acceptors (Lipinski definition) is 0. The quantitative estimate of drug-likeness (QED) is 0.243. The predicted molar refractivity (Wildman–Crippen MR) is 85.1 cm³/mol. The monoisotopic (exact) mass is 508 g/mol. The van der Waals surface area contributed by atoms with E-state index >= 15 is 0 Å². The maximum absolute atomic E-state index is 2.23. The van der Waals surface area contributed by atoms with Crippen LogP contribution < -0.4 is 65.5 Å². The van der Waals surface area contributed by atoms with Crippen LogP contribution in [0.3, 0.4) is 0 Å². The Morgan fingerprint density at radius 3 is 0.792 bits per heavy atom. The fourth-order valence-electron chi connectivity index (χ4n) is 2.18. The first-order valence-electron chi connectivity index (χ1n) is 6.40. The molecule has 3 rings (SSSR count). The van der Waals surface area contributed by atoms with Crippen LogP contribution in [-0.4, -0.2) is 0 Å². The van der Waals surface area contributed by atoms with Gasteiger partial charge in [-0.05, 0) is 23.8 Å². The Morgan fingerprint density at radius 2 is 0.583 bits per heavy atom. The van der Waals surface area contributed by atoms with Crippen LogP contribution in [0.4, 0.5) is 0 Å². The molecule has 6 heteroatoms. The summed E-state index contributed by atoms with van der Waals surface area (Å²) in [7, 11) is -0.446. The molecule has 0 N–H and O–H groups in total. The van der Waals surface area contributed by atoms with Crippen LogP contribution in [-0.2, 0) is 20.4 Å². The van der Waals surface area contributed by atoms with Crippen molar-refractivity contribution in [3.8, 4) is 0 Å².